The maximum absolute atomic E-state index is 11.1. The van der Waals surface area contributed by atoms with Crippen molar-refractivity contribution in [2.24, 2.45) is 0 Å². The Morgan fingerprint density at radius 3 is 2.68 bits per heavy atom. The molecule has 1 saturated heterocycles. The minimum Gasteiger partial charge on any atom is -0.480 e. The molecule has 0 aromatic carbocycles. The molecule has 0 spiro atoms. The van der Waals surface area contributed by atoms with Crippen LogP contribution in [0.2, 0.25) is 0 Å². The lowest BCUT2D eigenvalue weighted by Gasteiger charge is -2.38. The van der Waals surface area contributed by atoms with Gasteiger partial charge in [-0.3, -0.25) is 9.69 Å². The van der Waals surface area contributed by atoms with Crippen LogP contribution in [0.1, 0.15) is 40.0 Å². The zero-order valence-electron chi connectivity index (χ0n) is 12.7. The second-order valence-electron chi connectivity index (χ2n) is 6.23. The summed E-state index contributed by atoms with van der Waals surface area (Å²) in [4.78, 5) is 13.5. The van der Waals surface area contributed by atoms with Gasteiger partial charge < -0.3 is 15.2 Å². The first-order chi connectivity index (χ1) is 8.79. The van der Waals surface area contributed by atoms with Crippen LogP contribution in [-0.4, -0.2) is 60.4 Å². The van der Waals surface area contributed by atoms with Crippen LogP contribution in [0, 0.1) is 0 Å². The summed E-state index contributed by atoms with van der Waals surface area (Å²) in [6, 6.07) is 0. The molecule has 1 fully saturated rings. The van der Waals surface area contributed by atoms with E-state index in [4.69, 9.17) is 9.84 Å². The zero-order valence-corrected chi connectivity index (χ0v) is 12.7. The molecular weight excluding hydrogens is 244 g/mol. The number of unbranched alkanes of at least 4 members (excludes halogenated alkanes) is 1. The highest BCUT2D eigenvalue weighted by molar-refractivity contribution is 5.78. The number of morpholine rings is 1. The summed E-state index contributed by atoms with van der Waals surface area (Å²) < 4.78 is 5.68. The highest BCUT2D eigenvalue weighted by Crippen LogP contribution is 2.18. The molecule has 2 N–H and O–H groups in total. The number of nitrogens with one attached hydrogen (secondary N) is 1. The van der Waals surface area contributed by atoms with Crippen LogP contribution in [0.25, 0.3) is 0 Å². The van der Waals surface area contributed by atoms with Crippen molar-refractivity contribution in [3.63, 3.8) is 0 Å². The van der Waals surface area contributed by atoms with Gasteiger partial charge in [-0.1, -0.05) is 0 Å². The smallest absolute Gasteiger partial charge is 0.323 e. The molecule has 1 unspecified atom stereocenters. The Morgan fingerprint density at radius 2 is 2.16 bits per heavy atom. The van der Waals surface area contributed by atoms with E-state index in [1.54, 1.807) is 14.0 Å². The van der Waals surface area contributed by atoms with E-state index >= 15 is 0 Å². The molecule has 0 bridgehead atoms. The quantitative estimate of drug-likeness (QED) is 0.685. The van der Waals surface area contributed by atoms with Gasteiger partial charge in [0.2, 0.25) is 0 Å². The molecule has 1 rings (SSSR count). The van der Waals surface area contributed by atoms with Gasteiger partial charge in [0.25, 0.3) is 0 Å². The Hall–Kier alpha value is -0.650. The lowest BCUT2D eigenvalue weighted by atomic mass is 9.95. The SMILES string of the molecule is CNC(C)(CCCCN1CCOC(C)(C)C1)C(=O)O. The summed E-state index contributed by atoms with van der Waals surface area (Å²) in [5.74, 6) is -0.775. The largest absolute Gasteiger partial charge is 0.480 e. The molecule has 112 valence electrons. The highest BCUT2D eigenvalue weighted by atomic mass is 16.5. The predicted molar refractivity (Wildman–Crippen MR) is 75.4 cm³/mol. The molecule has 5 heteroatoms. The number of hydrogen-bond donors (Lipinski definition) is 2. The van der Waals surface area contributed by atoms with E-state index in [0.717, 1.165) is 39.1 Å². The van der Waals surface area contributed by atoms with Gasteiger partial charge in [0.15, 0.2) is 0 Å². The molecule has 0 aromatic heterocycles. The average Bonchev–Trinajstić information content (AvgIpc) is 2.33. The third kappa shape index (κ3) is 5.09. The van der Waals surface area contributed by atoms with Gasteiger partial charge in [-0.15, -0.1) is 0 Å². The summed E-state index contributed by atoms with van der Waals surface area (Å²) >= 11 is 0. The van der Waals surface area contributed by atoms with E-state index in [0.29, 0.717) is 6.42 Å². The van der Waals surface area contributed by atoms with E-state index in [1.807, 2.05) is 0 Å². The van der Waals surface area contributed by atoms with Crippen LogP contribution in [0.5, 0.6) is 0 Å². The zero-order chi connectivity index (χ0) is 14.5. The minimum atomic E-state index is -0.801. The number of aliphatic carboxylic acids is 1. The van der Waals surface area contributed by atoms with Gasteiger partial charge in [0.05, 0.1) is 12.2 Å². The molecular formula is C14H28N2O3. The molecule has 5 nitrogen and oxygen atoms in total. The first-order valence-electron chi connectivity index (χ1n) is 7.08. The fourth-order valence-corrected chi connectivity index (χ4v) is 2.46. The van der Waals surface area contributed by atoms with E-state index < -0.39 is 11.5 Å². The van der Waals surface area contributed by atoms with E-state index in [1.165, 1.54) is 0 Å². The number of rotatable bonds is 7. The fourth-order valence-electron chi connectivity index (χ4n) is 2.46. The first kappa shape index (κ1) is 16.4. The van der Waals surface area contributed by atoms with Crippen LogP contribution in [0.4, 0.5) is 0 Å². The summed E-state index contributed by atoms with van der Waals surface area (Å²) in [6.07, 6.45) is 2.61. The summed E-state index contributed by atoms with van der Waals surface area (Å²) in [7, 11) is 1.71. The van der Waals surface area contributed by atoms with Gasteiger partial charge in [-0.05, 0) is 53.6 Å². The van der Waals surface area contributed by atoms with Crippen molar-refractivity contribution in [2.45, 2.75) is 51.2 Å². The van der Waals surface area contributed by atoms with Gasteiger partial charge in [-0.2, -0.15) is 0 Å². The van der Waals surface area contributed by atoms with Crippen molar-refractivity contribution in [2.75, 3.05) is 33.3 Å². The lowest BCUT2D eigenvalue weighted by molar-refractivity contribution is -0.144. The van der Waals surface area contributed by atoms with E-state index in [-0.39, 0.29) is 5.60 Å². The van der Waals surface area contributed by atoms with Crippen molar-refractivity contribution in [1.82, 2.24) is 10.2 Å². The van der Waals surface area contributed by atoms with Gasteiger partial charge in [0.1, 0.15) is 5.54 Å². The molecule has 1 atom stereocenters. The summed E-state index contributed by atoms with van der Waals surface area (Å²) in [5.41, 5.74) is -0.858. The number of ether oxygens (including phenoxy) is 1. The highest BCUT2D eigenvalue weighted by Gasteiger charge is 2.30. The second kappa shape index (κ2) is 6.68. The van der Waals surface area contributed by atoms with Crippen molar-refractivity contribution in [3.05, 3.63) is 0 Å². The Labute approximate surface area is 116 Å². The van der Waals surface area contributed by atoms with E-state index in [9.17, 15) is 4.79 Å². The lowest BCUT2D eigenvalue weighted by Crippen LogP contribution is -2.49. The maximum atomic E-state index is 11.1. The molecule has 0 aromatic rings. The van der Waals surface area contributed by atoms with Crippen LogP contribution in [-0.2, 0) is 9.53 Å². The van der Waals surface area contributed by atoms with Crippen molar-refractivity contribution in [1.29, 1.82) is 0 Å². The molecule has 19 heavy (non-hydrogen) atoms. The Morgan fingerprint density at radius 1 is 1.47 bits per heavy atom. The molecule has 0 amide bonds. The average molecular weight is 272 g/mol. The van der Waals surface area contributed by atoms with E-state index in [2.05, 4.69) is 24.1 Å². The number of carboxylic acid groups (broad SMARTS) is 1. The third-order valence-electron chi connectivity index (χ3n) is 3.93. The second-order valence-corrected chi connectivity index (χ2v) is 6.23. The van der Waals surface area contributed by atoms with Crippen LogP contribution >= 0.6 is 0 Å². The van der Waals surface area contributed by atoms with Crippen LogP contribution in [0.3, 0.4) is 0 Å². The fraction of sp³-hybridized carbons (Fsp3) is 0.929. The summed E-state index contributed by atoms with van der Waals surface area (Å²) in [5, 5.41) is 12.1. The van der Waals surface area contributed by atoms with Gasteiger partial charge in [0, 0.05) is 13.1 Å². The predicted octanol–water partition coefficient (Wildman–Crippen LogP) is 1.33. The minimum absolute atomic E-state index is 0.0567. The number of carboxylic acids is 1. The monoisotopic (exact) mass is 272 g/mol. The standard InChI is InChI=1S/C14H28N2O3/c1-13(2)11-16(9-10-19-13)8-6-5-7-14(3,15-4)12(17)18/h15H,5-11H2,1-4H3,(H,17,18). The van der Waals surface area contributed by atoms with Gasteiger partial charge in [-0.25, -0.2) is 0 Å². The molecule has 0 saturated carbocycles. The Bertz CT molecular complexity index is 307. The number of carbonyl (C=O) groups is 1. The number of likely N-dealkylation sites (N-methyl/N-ethyl adjacent to an activating group) is 1. The molecule has 0 radical (unpaired) electrons. The van der Waals surface area contributed by atoms with Crippen LogP contribution < -0.4 is 5.32 Å². The van der Waals surface area contributed by atoms with Crippen molar-refractivity contribution in [3.8, 4) is 0 Å². The Balaban J connectivity index is 2.25. The molecule has 1 aliphatic heterocycles. The van der Waals surface area contributed by atoms with Gasteiger partial charge >= 0.3 is 5.97 Å². The third-order valence-corrected chi connectivity index (χ3v) is 3.93. The number of hydrogen-bond acceptors (Lipinski definition) is 4. The Kier molecular flexibility index (Phi) is 5.77. The maximum Gasteiger partial charge on any atom is 0.323 e. The molecule has 1 aliphatic rings. The number of nitrogens with zero attached hydrogens (tertiary/aromatic N) is 1. The van der Waals surface area contributed by atoms with Crippen molar-refractivity contribution < 1.29 is 14.6 Å². The summed E-state index contributed by atoms with van der Waals surface area (Å²) in [6.45, 7) is 9.71. The van der Waals surface area contributed by atoms with Crippen molar-refractivity contribution >= 4 is 5.97 Å². The molecule has 1 heterocycles. The topological polar surface area (TPSA) is 61.8 Å². The van der Waals surface area contributed by atoms with Crippen LogP contribution in [0.15, 0.2) is 0 Å². The normalized spacial score (nSPS) is 22.9. The first-order valence-corrected chi connectivity index (χ1v) is 7.08. The molecule has 0 aliphatic carbocycles.